The number of para-hydroxylation sites is 1. The van der Waals surface area contributed by atoms with E-state index < -0.39 is 23.7 Å². The van der Waals surface area contributed by atoms with Crippen molar-refractivity contribution in [3.8, 4) is 0 Å². The lowest BCUT2D eigenvalue weighted by atomic mass is 9.95. The Morgan fingerprint density at radius 2 is 1.65 bits per heavy atom. The van der Waals surface area contributed by atoms with Gasteiger partial charge in [0.15, 0.2) is 0 Å². The highest BCUT2D eigenvalue weighted by molar-refractivity contribution is 5.88. The zero-order valence-corrected chi connectivity index (χ0v) is 12.2. The molecule has 0 aliphatic carbocycles. The third-order valence-corrected chi connectivity index (χ3v) is 3.76. The highest BCUT2D eigenvalue weighted by Gasteiger charge is 2.40. The van der Waals surface area contributed by atoms with Gasteiger partial charge in [-0.1, -0.05) is 25.1 Å². The lowest BCUT2D eigenvalue weighted by Gasteiger charge is -2.21. The smallest absolute Gasteiger partial charge is 0.223 e. The first-order valence-corrected chi connectivity index (χ1v) is 6.46. The van der Waals surface area contributed by atoms with Crippen LogP contribution in [0, 0.1) is 11.8 Å². The molecule has 2 unspecified atom stereocenters. The van der Waals surface area contributed by atoms with E-state index in [9.17, 15) is 9.59 Å². The van der Waals surface area contributed by atoms with Crippen molar-refractivity contribution in [1.82, 2.24) is 0 Å². The molecule has 6 heteroatoms. The second-order valence-electron chi connectivity index (χ2n) is 4.90. The van der Waals surface area contributed by atoms with E-state index in [1.807, 2.05) is 29.2 Å². The number of aryl methyl sites for hydroxylation is 1. The molecule has 1 fully saturated rings. The minimum absolute atomic E-state index is 0. The number of primary amides is 2. The van der Waals surface area contributed by atoms with Crippen molar-refractivity contribution in [3.63, 3.8) is 0 Å². The van der Waals surface area contributed by atoms with E-state index in [-0.39, 0.29) is 12.4 Å². The third-order valence-electron chi connectivity index (χ3n) is 3.76. The second kappa shape index (κ2) is 6.61. The first-order valence-electron chi connectivity index (χ1n) is 6.46. The minimum Gasteiger partial charge on any atom is -0.370 e. The van der Waals surface area contributed by atoms with E-state index >= 15 is 0 Å². The fraction of sp³-hybridized carbons (Fsp3) is 0.429. The number of nitrogens with two attached hydrogens (primary N) is 2. The van der Waals surface area contributed by atoms with Crippen molar-refractivity contribution >= 4 is 29.9 Å². The summed E-state index contributed by atoms with van der Waals surface area (Å²) in [5.41, 5.74) is 13.0. The van der Waals surface area contributed by atoms with Crippen molar-refractivity contribution in [1.29, 1.82) is 0 Å². The molecular formula is C14H20ClN3O2. The van der Waals surface area contributed by atoms with Crippen LogP contribution in [-0.2, 0) is 16.0 Å². The quantitative estimate of drug-likeness (QED) is 0.857. The summed E-state index contributed by atoms with van der Waals surface area (Å²) in [5.74, 6) is -1.91. The standard InChI is InChI=1S/C14H19N3O2.ClH/c1-2-9-5-3-4-6-12(9)17-7-10(13(15)18)11(8-17)14(16)19;/h3-6,10-11H,2,7-8H2,1H3,(H2,15,18)(H2,16,19);1H. The highest BCUT2D eigenvalue weighted by Crippen LogP contribution is 2.30. The Hall–Kier alpha value is -1.75. The van der Waals surface area contributed by atoms with Crippen LogP contribution in [0.3, 0.4) is 0 Å². The minimum atomic E-state index is -0.498. The Kier molecular flexibility index (Phi) is 5.39. The van der Waals surface area contributed by atoms with Crippen LogP contribution in [0.5, 0.6) is 0 Å². The van der Waals surface area contributed by atoms with Crippen LogP contribution in [0.1, 0.15) is 12.5 Å². The molecule has 0 aromatic heterocycles. The zero-order valence-electron chi connectivity index (χ0n) is 11.4. The van der Waals surface area contributed by atoms with Gasteiger partial charge >= 0.3 is 0 Å². The Morgan fingerprint density at radius 1 is 1.15 bits per heavy atom. The van der Waals surface area contributed by atoms with Gasteiger partial charge in [-0.25, -0.2) is 0 Å². The van der Waals surface area contributed by atoms with Gasteiger partial charge in [0.25, 0.3) is 0 Å². The van der Waals surface area contributed by atoms with E-state index in [2.05, 4.69) is 6.92 Å². The van der Waals surface area contributed by atoms with Crippen molar-refractivity contribution < 1.29 is 9.59 Å². The predicted molar refractivity (Wildman–Crippen MR) is 80.6 cm³/mol. The summed E-state index contributed by atoms with van der Waals surface area (Å²) in [6.45, 7) is 2.99. The molecule has 1 aromatic carbocycles. The van der Waals surface area contributed by atoms with Crippen LogP contribution in [0.4, 0.5) is 5.69 Å². The Bertz CT molecular complexity index is 485. The molecule has 1 saturated heterocycles. The lowest BCUT2D eigenvalue weighted by Crippen LogP contribution is -2.36. The molecule has 2 amide bonds. The van der Waals surface area contributed by atoms with Crippen LogP contribution >= 0.6 is 12.4 Å². The van der Waals surface area contributed by atoms with Crippen LogP contribution in [0.2, 0.25) is 0 Å². The van der Waals surface area contributed by atoms with Gasteiger partial charge in [-0.2, -0.15) is 0 Å². The fourth-order valence-corrected chi connectivity index (χ4v) is 2.70. The molecule has 2 atom stereocenters. The summed E-state index contributed by atoms with van der Waals surface area (Å²) < 4.78 is 0. The first kappa shape index (κ1) is 16.3. The van der Waals surface area contributed by atoms with E-state index in [1.165, 1.54) is 5.56 Å². The van der Waals surface area contributed by atoms with Gasteiger partial charge in [0, 0.05) is 18.8 Å². The van der Waals surface area contributed by atoms with Crippen LogP contribution in [0.25, 0.3) is 0 Å². The average molecular weight is 298 g/mol. The summed E-state index contributed by atoms with van der Waals surface area (Å²) in [5, 5.41) is 0. The topological polar surface area (TPSA) is 89.4 Å². The number of carbonyl (C=O) groups is 2. The van der Waals surface area contributed by atoms with E-state index in [0.717, 1.165) is 12.1 Å². The number of rotatable bonds is 4. The molecule has 0 spiro atoms. The molecule has 2 rings (SSSR count). The molecule has 0 saturated carbocycles. The van der Waals surface area contributed by atoms with Gasteiger partial charge in [-0.05, 0) is 18.1 Å². The molecule has 1 aromatic rings. The highest BCUT2D eigenvalue weighted by atomic mass is 35.5. The number of carbonyl (C=O) groups excluding carboxylic acids is 2. The van der Waals surface area contributed by atoms with Gasteiger partial charge in [-0.3, -0.25) is 9.59 Å². The summed E-state index contributed by atoms with van der Waals surface area (Å²) >= 11 is 0. The van der Waals surface area contributed by atoms with Crippen molar-refractivity contribution in [3.05, 3.63) is 29.8 Å². The number of amides is 2. The van der Waals surface area contributed by atoms with Crippen LogP contribution in [-0.4, -0.2) is 24.9 Å². The predicted octanol–water partition coefficient (Wildman–Crippen LogP) is 0.694. The number of benzene rings is 1. The number of anilines is 1. The number of halogens is 1. The SMILES string of the molecule is CCc1ccccc1N1CC(C(N)=O)C(C(N)=O)C1.Cl. The van der Waals surface area contributed by atoms with E-state index in [4.69, 9.17) is 11.5 Å². The van der Waals surface area contributed by atoms with Gasteiger partial charge in [-0.15, -0.1) is 12.4 Å². The number of nitrogens with zero attached hydrogens (tertiary/aromatic N) is 1. The maximum atomic E-state index is 11.4. The van der Waals surface area contributed by atoms with Gasteiger partial charge in [0.2, 0.25) is 11.8 Å². The molecule has 4 N–H and O–H groups in total. The monoisotopic (exact) mass is 297 g/mol. The van der Waals surface area contributed by atoms with Crippen molar-refractivity contribution in [2.75, 3.05) is 18.0 Å². The maximum absolute atomic E-state index is 11.4. The molecule has 0 radical (unpaired) electrons. The van der Waals surface area contributed by atoms with Gasteiger partial charge in [0.1, 0.15) is 0 Å². The number of hydrogen-bond acceptors (Lipinski definition) is 3. The van der Waals surface area contributed by atoms with E-state index in [1.54, 1.807) is 0 Å². The summed E-state index contributed by atoms with van der Waals surface area (Å²) in [4.78, 5) is 24.9. The Morgan fingerprint density at radius 3 is 2.10 bits per heavy atom. The van der Waals surface area contributed by atoms with Crippen molar-refractivity contribution in [2.24, 2.45) is 23.3 Å². The first-order chi connectivity index (χ1) is 9.04. The Balaban J connectivity index is 0.00000200. The van der Waals surface area contributed by atoms with Gasteiger partial charge in [0.05, 0.1) is 11.8 Å². The third kappa shape index (κ3) is 3.04. The zero-order chi connectivity index (χ0) is 14.0. The van der Waals surface area contributed by atoms with Gasteiger partial charge < -0.3 is 16.4 Å². The summed E-state index contributed by atoms with van der Waals surface area (Å²) in [6.07, 6.45) is 0.898. The summed E-state index contributed by atoms with van der Waals surface area (Å²) in [7, 11) is 0. The average Bonchev–Trinajstić information content (AvgIpc) is 2.84. The largest absolute Gasteiger partial charge is 0.370 e. The molecular weight excluding hydrogens is 278 g/mol. The fourth-order valence-electron chi connectivity index (χ4n) is 2.70. The lowest BCUT2D eigenvalue weighted by molar-refractivity contribution is -0.129. The molecule has 0 bridgehead atoms. The maximum Gasteiger partial charge on any atom is 0.223 e. The molecule has 1 heterocycles. The summed E-state index contributed by atoms with van der Waals surface area (Å²) in [6, 6.07) is 7.98. The number of hydrogen-bond donors (Lipinski definition) is 2. The normalized spacial score (nSPS) is 21.4. The Labute approximate surface area is 124 Å². The molecule has 1 aliphatic heterocycles. The van der Waals surface area contributed by atoms with Crippen LogP contribution in [0.15, 0.2) is 24.3 Å². The van der Waals surface area contributed by atoms with E-state index in [0.29, 0.717) is 13.1 Å². The van der Waals surface area contributed by atoms with Crippen LogP contribution < -0.4 is 16.4 Å². The van der Waals surface area contributed by atoms with Crippen molar-refractivity contribution in [2.45, 2.75) is 13.3 Å². The molecule has 20 heavy (non-hydrogen) atoms. The second-order valence-corrected chi connectivity index (χ2v) is 4.90. The molecule has 5 nitrogen and oxygen atoms in total. The molecule has 1 aliphatic rings. The molecule has 110 valence electrons.